The molecular weight excluding hydrogens is 253 g/mol. The van der Waals surface area contributed by atoms with Gasteiger partial charge in [0.05, 0.1) is 18.5 Å². The summed E-state index contributed by atoms with van der Waals surface area (Å²) in [6.45, 7) is 0.543. The molecule has 0 fully saturated rings. The average molecular weight is 265 g/mol. The number of halogens is 1. The molecule has 0 aliphatic heterocycles. The molecule has 0 aliphatic rings. The van der Waals surface area contributed by atoms with Gasteiger partial charge >= 0.3 is 5.97 Å². The van der Waals surface area contributed by atoms with Crippen molar-refractivity contribution < 1.29 is 18.7 Å². The third-order valence-corrected chi connectivity index (χ3v) is 2.36. The standard InChI is InChI=1S/C12H12FN3O3/c13-9-4-2-1-3-8(9)12-16-15-10(19-12)7-14-6-5-11(17)18/h1-4,14H,5-7H2,(H,17,18). The molecule has 0 saturated carbocycles. The number of hydrogen-bond acceptors (Lipinski definition) is 5. The van der Waals surface area contributed by atoms with Gasteiger partial charge in [0.25, 0.3) is 5.89 Å². The van der Waals surface area contributed by atoms with Crippen LogP contribution in [0.1, 0.15) is 12.3 Å². The van der Waals surface area contributed by atoms with E-state index in [-0.39, 0.29) is 30.3 Å². The highest BCUT2D eigenvalue weighted by Crippen LogP contribution is 2.20. The summed E-state index contributed by atoms with van der Waals surface area (Å²) in [6.07, 6.45) is 0.00824. The highest BCUT2D eigenvalue weighted by atomic mass is 19.1. The Hall–Kier alpha value is -2.28. The van der Waals surface area contributed by atoms with Crippen molar-refractivity contribution in [2.24, 2.45) is 0 Å². The summed E-state index contributed by atoms with van der Waals surface area (Å²) >= 11 is 0. The van der Waals surface area contributed by atoms with Crippen LogP contribution in [0, 0.1) is 5.82 Å². The van der Waals surface area contributed by atoms with Crippen LogP contribution in [0.2, 0.25) is 0 Å². The summed E-state index contributed by atoms with van der Waals surface area (Å²) in [5.74, 6) is -0.932. The molecule has 1 aromatic carbocycles. The molecule has 1 aromatic heterocycles. The Balaban J connectivity index is 1.96. The molecule has 1 heterocycles. The molecule has 0 aliphatic carbocycles. The number of carboxylic acids is 1. The second-order valence-electron chi connectivity index (χ2n) is 3.80. The zero-order chi connectivity index (χ0) is 13.7. The zero-order valence-corrected chi connectivity index (χ0v) is 9.97. The number of rotatable bonds is 6. The normalized spacial score (nSPS) is 10.6. The molecule has 6 nitrogen and oxygen atoms in total. The topological polar surface area (TPSA) is 88.2 Å². The smallest absolute Gasteiger partial charge is 0.304 e. The van der Waals surface area contributed by atoms with Crippen molar-refractivity contribution in [3.05, 3.63) is 36.0 Å². The van der Waals surface area contributed by atoms with Crippen molar-refractivity contribution >= 4 is 5.97 Å². The summed E-state index contributed by atoms with van der Waals surface area (Å²) in [4.78, 5) is 10.3. The van der Waals surface area contributed by atoms with E-state index in [4.69, 9.17) is 9.52 Å². The largest absolute Gasteiger partial charge is 0.481 e. The van der Waals surface area contributed by atoms with Crippen molar-refractivity contribution in [2.75, 3.05) is 6.54 Å². The highest BCUT2D eigenvalue weighted by Gasteiger charge is 2.11. The summed E-state index contributed by atoms with van der Waals surface area (Å²) in [7, 11) is 0. The van der Waals surface area contributed by atoms with Crippen LogP contribution in [0.15, 0.2) is 28.7 Å². The summed E-state index contributed by atoms with van der Waals surface area (Å²) in [6, 6.07) is 6.10. The minimum atomic E-state index is -0.884. The van der Waals surface area contributed by atoms with Gasteiger partial charge in [-0.05, 0) is 12.1 Å². The van der Waals surface area contributed by atoms with E-state index in [0.29, 0.717) is 6.54 Å². The molecule has 2 N–H and O–H groups in total. The number of carboxylic acid groups (broad SMARTS) is 1. The van der Waals surface area contributed by atoms with Crippen LogP contribution in [-0.2, 0) is 11.3 Å². The van der Waals surface area contributed by atoms with E-state index in [1.807, 2.05) is 0 Å². The van der Waals surface area contributed by atoms with Gasteiger partial charge in [0.15, 0.2) is 0 Å². The second-order valence-corrected chi connectivity index (χ2v) is 3.80. The number of nitrogens with one attached hydrogen (secondary N) is 1. The summed E-state index contributed by atoms with van der Waals surface area (Å²) in [5.41, 5.74) is 0.242. The molecule has 0 radical (unpaired) electrons. The quantitative estimate of drug-likeness (QED) is 0.768. The first-order valence-corrected chi connectivity index (χ1v) is 5.66. The number of nitrogens with zero attached hydrogens (tertiary/aromatic N) is 2. The fourth-order valence-corrected chi connectivity index (χ4v) is 1.46. The van der Waals surface area contributed by atoms with E-state index in [0.717, 1.165) is 0 Å². The van der Waals surface area contributed by atoms with Crippen LogP contribution in [0.3, 0.4) is 0 Å². The van der Waals surface area contributed by atoms with Crippen molar-refractivity contribution in [1.82, 2.24) is 15.5 Å². The lowest BCUT2D eigenvalue weighted by Gasteiger charge is -1.98. The zero-order valence-electron chi connectivity index (χ0n) is 9.97. The van der Waals surface area contributed by atoms with Crippen molar-refractivity contribution in [1.29, 1.82) is 0 Å². The lowest BCUT2D eigenvalue weighted by atomic mass is 10.2. The molecule has 100 valence electrons. The third kappa shape index (κ3) is 3.59. The Bertz CT molecular complexity index is 571. The average Bonchev–Trinajstić information content (AvgIpc) is 2.83. The van der Waals surface area contributed by atoms with E-state index in [9.17, 15) is 9.18 Å². The van der Waals surface area contributed by atoms with Crippen LogP contribution in [0.5, 0.6) is 0 Å². The molecule has 7 heteroatoms. The third-order valence-electron chi connectivity index (χ3n) is 2.36. The Kier molecular flexibility index (Phi) is 4.19. The Morgan fingerprint density at radius 1 is 1.37 bits per heavy atom. The number of aromatic nitrogens is 2. The molecule has 2 rings (SSSR count). The summed E-state index contributed by atoms with van der Waals surface area (Å²) < 4.78 is 18.8. The van der Waals surface area contributed by atoms with E-state index in [2.05, 4.69) is 15.5 Å². The van der Waals surface area contributed by atoms with Gasteiger partial charge in [-0.2, -0.15) is 0 Å². The van der Waals surface area contributed by atoms with E-state index in [1.54, 1.807) is 18.2 Å². The lowest BCUT2D eigenvalue weighted by molar-refractivity contribution is -0.136. The number of hydrogen-bond donors (Lipinski definition) is 2. The molecule has 0 atom stereocenters. The predicted molar refractivity (Wildman–Crippen MR) is 63.7 cm³/mol. The van der Waals surface area contributed by atoms with Gasteiger partial charge in [-0.1, -0.05) is 12.1 Å². The molecule has 0 spiro atoms. The number of benzene rings is 1. The van der Waals surface area contributed by atoms with Gasteiger partial charge < -0.3 is 14.8 Å². The van der Waals surface area contributed by atoms with Gasteiger partial charge in [-0.25, -0.2) is 4.39 Å². The first kappa shape index (κ1) is 13.2. The summed E-state index contributed by atoms with van der Waals surface area (Å²) in [5, 5.41) is 18.8. The molecule has 19 heavy (non-hydrogen) atoms. The molecule has 0 amide bonds. The minimum absolute atomic E-state index is 0.00824. The minimum Gasteiger partial charge on any atom is -0.481 e. The van der Waals surface area contributed by atoms with E-state index < -0.39 is 11.8 Å². The van der Waals surface area contributed by atoms with Crippen molar-refractivity contribution in [2.45, 2.75) is 13.0 Å². The predicted octanol–water partition coefficient (Wildman–Crippen LogP) is 1.44. The number of carbonyl (C=O) groups is 1. The highest BCUT2D eigenvalue weighted by molar-refractivity contribution is 5.66. The second kappa shape index (κ2) is 6.05. The van der Waals surface area contributed by atoms with Gasteiger partial charge in [0, 0.05) is 6.54 Å². The molecule has 0 unspecified atom stereocenters. The fourth-order valence-electron chi connectivity index (χ4n) is 1.46. The van der Waals surface area contributed by atoms with Crippen LogP contribution < -0.4 is 5.32 Å². The lowest BCUT2D eigenvalue weighted by Crippen LogP contribution is -2.17. The Morgan fingerprint density at radius 3 is 2.89 bits per heavy atom. The molecule has 0 bridgehead atoms. The van der Waals surface area contributed by atoms with Crippen molar-refractivity contribution in [3.63, 3.8) is 0 Å². The fraction of sp³-hybridized carbons (Fsp3) is 0.250. The molecular formula is C12H12FN3O3. The van der Waals surface area contributed by atoms with Crippen LogP contribution >= 0.6 is 0 Å². The van der Waals surface area contributed by atoms with Gasteiger partial charge in [0.2, 0.25) is 5.89 Å². The maximum atomic E-state index is 13.5. The van der Waals surface area contributed by atoms with Crippen LogP contribution in [-0.4, -0.2) is 27.8 Å². The molecule has 0 saturated heterocycles. The van der Waals surface area contributed by atoms with Gasteiger partial charge in [0.1, 0.15) is 5.82 Å². The van der Waals surface area contributed by atoms with Gasteiger partial charge in [-0.3, -0.25) is 4.79 Å². The SMILES string of the molecule is O=C(O)CCNCc1nnc(-c2ccccc2F)o1. The van der Waals surface area contributed by atoms with E-state index in [1.165, 1.54) is 6.07 Å². The Labute approximate surface area is 108 Å². The first-order valence-electron chi connectivity index (χ1n) is 5.66. The van der Waals surface area contributed by atoms with E-state index >= 15 is 0 Å². The Morgan fingerprint density at radius 2 is 2.16 bits per heavy atom. The number of aliphatic carboxylic acids is 1. The van der Waals surface area contributed by atoms with Crippen molar-refractivity contribution in [3.8, 4) is 11.5 Å². The van der Waals surface area contributed by atoms with Gasteiger partial charge in [-0.15, -0.1) is 10.2 Å². The molecule has 2 aromatic rings. The van der Waals surface area contributed by atoms with Crippen LogP contribution in [0.25, 0.3) is 11.5 Å². The van der Waals surface area contributed by atoms with Crippen LogP contribution in [0.4, 0.5) is 4.39 Å². The maximum Gasteiger partial charge on any atom is 0.304 e. The monoisotopic (exact) mass is 265 g/mol. The maximum absolute atomic E-state index is 13.5. The first-order chi connectivity index (χ1) is 9.16.